The summed E-state index contributed by atoms with van der Waals surface area (Å²) in [7, 11) is 0. The van der Waals surface area contributed by atoms with Gasteiger partial charge in [-0.05, 0) is 31.2 Å². The lowest BCUT2D eigenvalue weighted by Gasteiger charge is -2.06. The summed E-state index contributed by atoms with van der Waals surface area (Å²) in [6.45, 7) is 1.98. The molecule has 21 heavy (non-hydrogen) atoms. The zero-order chi connectivity index (χ0) is 15.1. The molecule has 0 saturated heterocycles. The van der Waals surface area contributed by atoms with E-state index in [0.29, 0.717) is 0 Å². The third kappa shape index (κ3) is 4.99. The molecule has 0 unspecified atom stereocenters. The van der Waals surface area contributed by atoms with Crippen LogP contribution in [0, 0.1) is 6.92 Å². The van der Waals surface area contributed by atoms with Crippen molar-refractivity contribution in [3.8, 4) is 0 Å². The van der Waals surface area contributed by atoms with Crippen molar-refractivity contribution >= 4 is 23.2 Å². The van der Waals surface area contributed by atoms with E-state index in [2.05, 4.69) is 15.6 Å². The molecule has 0 aliphatic rings. The van der Waals surface area contributed by atoms with Crippen LogP contribution in [0.2, 0.25) is 0 Å². The molecule has 1 amide bonds. The van der Waals surface area contributed by atoms with Gasteiger partial charge in [-0.25, -0.2) is 4.99 Å². The van der Waals surface area contributed by atoms with Gasteiger partial charge >= 0.3 is 0 Å². The second-order valence-corrected chi connectivity index (χ2v) is 4.61. The molecule has 0 spiro atoms. The Morgan fingerprint density at radius 3 is 2.29 bits per heavy atom. The van der Waals surface area contributed by atoms with E-state index >= 15 is 0 Å². The number of amides is 1. The molecule has 0 fully saturated rings. The van der Waals surface area contributed by atoms with Gasteiger partial charge in [0.25, 0.3) is 0 Å². The molecule has 108 valence electrons. The summed E-state index contributed by atoms with van der Waals surface area (Å²) < 4.78 is 0. The summed E-state index contributed by atoms with van der Waals surface area (Å²) in [5, 5.41) is 5.68. The van der Waals surface area contributed by atoms with Gasteiger partial charge in [-0.2, -0.15) is 0 Å². The first-order valence-electron chi connectivity index (χ1n) is 6.62. The second-order valence-electron chi connectivity index (χ2n) is 4.61. The number of nitrogens with two attached hydrogens (primary N) is 1. The Kier molecular flexibility index (Phi) is 4.93. The fourth-order valence-corrected chi connectivity index (χ4v) is 1.70. The van der Waals surface area contributed by atoms with Crippen LogP contribution in [0.5, 0.6) is 0 Å². The monoisotopic (exact) mass is 282 g/mol. The molecule has 2 rings (SSSR count). The minimum Gasteiger partial charge on any atom is -0.370 e. The van der Waals surface area contributed by atoms with Gasteiger partial charge in [-0.3, -0.25) is 4.79 Å². The van der Waals surface area contributed by atoms with Crippen molar-refractivity contribution in [2.24, 2.45) is 10.7 Å². The number of nitrogens with one attached hydrogen (secondary N) is 2. The van der Waals surface area contributed by atoms with Crippen molar-refractivity contribution in [1.82, 2.24) is 0 Å². The molecule has 0 atom stereocenters. The van der Waals surface area contributed by atoms with E-state index in [-0.39, 0.29) is 18.4 Å². The van der Waals surface area contributed by atoms with Crippen molar-refractivity contribution < 1.29 is 4.79 Å². The summed E-state index contributed by atoms with van der Waals surface area (Å²) in [6.07, 6.45) is 0. The van der Waals surface area contributed by atoms with Gasteiger partial charge < -0.3 is 16.4 Å². The lowest BCUT2D eigenvalue weighted by molar-refractivity contribution is -0.114. The smallest absolute Gasteiger partial charge is 0.246 e. The fourth-order valence-electron chi connectivity index (χ4n) is 1.70. The van der Waals surface area contributed by atoms with Crippen LogP contribution in [-0.4, -0.2) is 18.4 Å². The van der Waals surface area contributed by atoms with E-state index in [1.54, 1.807) is 0 Å². The molecule has 0 aliphatic carbocycles. The number of aliphatic imine (C=N–C) groups is 1. The molecule has 0 bridgehead atoms. The predicted molar refractivity (Wildman–Crippen MR) is 86.4 cm³/mol. The van der Waals surface area contributed by atoms with Crippen LogP contribution in [0.1, 0.15) is 5.56 Å². The number of para-hydroxylation sites is 1. The van der Waals surface area contributed by atoms with Crippen LogP contribution in [0.15, 0.2) is 59.6 Å². The Morgan fingerprint density at radius 1 is 1.00 bits per heavy atom. The Balaban J connectivity index is 1.85. The predicted octanol–water partition coefficient (Wildman–Crippen LogP) is 2.36. The van der Waals surface area contributed by atoms with Crippen molar-refractivity contribution in [3.05, 3.63) is 60.2 Å². The number of rotatable bonds is 4. The number of carbonyl (C=O) groups is 1. The van der Waals surface area contributed by atoms with Gasteiger partial charge in [0.2, 0.25) is 5.91 Å². The molecule has 0 aliphatic heterocycles. The summed E-state index contributed by atoms with van der Waals surface area (Å²) >= 11 is 0. The molecule has 5 heteroatoms. The maximum absolute atomic E-state index is 11.7. The van der Waals surface area contributed by atoms with Crippen molar-refractivity contribution in [2.45, 2.75) is 6.92 Å². The second kappa shape index (κ2) is 7.09. The summed E-state index contributed by atoms with van der Waals surface area (Å²) in [6, 6.07) is 17.0. The Hall–Kier alpha value is -2.82. The first kappa shape index (κ1) is 14.6. The summed E-state index contributed by atoms with van der Waals surface area (Å²) in [5.41, 5.74) is 8.49. The lowest BCUT2D eigenvalue weighted by atomic mass is 10.2. The van der Waals surface area contributed by atoms with Gasteiger partial charge in [0.15, 0.2) is 5.96 Å². The maximum atomic E-state index is 11.7. The van der Waals surface area contributed by atoms with E-state index in [1.807, 2.05) is 61.5 Å². The highest BCUT2D eigenvalue weighted by Gasteiger charge is 2.01. The van der Waals surface area contributed by atoms with Crippen LogP contribution in [-0.2, 0) is 4.79 Å². The minimum absolute atomic E-state index is 0.0282. The van der Waals surface area contributed by atoms with E-state index in [9.17, 15) is 4.79 Å². The number of nitrogens with zero attached hydrogens (tertiary/aromatic N) is 1. The number of aryl methyl sites for hydroxylation is 1. The third-order valence-electron chi connectivity index (χ3n) is 2.77. The fraction of sp³-hybridized carbons (Fsp3) is 0.125. The topological polar surface area (TPSA) is 79.5 Å². The number of benzene rings is 2. The van der Waals surface area contributed by atoms with Crippen molar-refractivity contribution in [1.29, 1.82) is 0 Å². The quantitative estimate of drug-likeness (QED) is 0.595. The highest BCUT2D eigenvalue weighted by molar-refractivity contribution is 5.96. The first-order valence-corrected chi connectivity index (χ1v) is 6.62. The molecule has 4 N–H and O–H groups in total. The van der Waals surface area contributed by atoms with Gasteiger partial charge in [-0.1, -0.05) is 35.9 Å². The molecule has 5 nitrogen and oxygen atoms in total. The van der Waals surface area contributed by atoms with Crippen LogP contribution in [0.3, 0.4) is 0 Å². The van der Waals surface area contributed by atoms with E-state index < -0.39 is 0 Å². The summed E-state index contributed by atoms with van der Waals surface area (Å²) in [4.78, 5) is 15.7. The molecule has 0 heterocycles. The van der Waals surface area contributed by atoms with Gasteiger partial charge in [0.1, 0.15) is 6.54 Å². The average molecular weight is 282 g/mol. The number of guanidine groups is 1. The van der Waals surface area contributed by atoms with Crippen molar-refractivity contribution in [3.63, 3.8) is 0 Å². The Morgan fingerprint density at radius 2 is 1.62 bits per heavy atom. The number of anilines is 2. The van der Waals surface area contributed by atoms with Gasteiger partial charge in [0.05, 0.1) is 0 Å². The number of hydrogen-bond donors (Lipinski definition) is 3. The first-order chi connectivity index (χ1) is 10.1. The van der Waals surface area contributed by atoms with E-state index in [4.69, 9.17) is 5.73 Å². The molecular weight excluding hydrogens is 264 g/mol. The number of hydrogen-bond acceptors (Lipinski definition) is 2. The highest BCUT2D eigenvalue weighted by atomic mass is 16.1. The SMILES string of the molecule is Cc1ccc(NC(N)=NCC(=O)Nc2ccccc2)cc1. The molecule has 0 aromatic heterocycles. The molecular formula is C16H18N4O. The third-order valence-corrected chi connectivity index (χ3v) is 2.77. The van der Waals surface area contributed by atoms with Gasteiger partial charge in [0, 0.05) is 11.4 Å². The largest absolute Gasteiger partial charge is 0.370 e. The molecule has 0 saturated carbocycles. The van der Waals surface area contributed by atoms with Crippen LogP contribution >= 0.6 is 0 Å². The van der Waals surface area contributed by atoms with Crippen LogP contribution < -0.4 is 16.4 Å². The zero-order valence-electron chi connectivity index (χ0n) is 11.8. The summed E-state index contributed by atoms with van der Waals surface area (Å²) in [5.74, 6) is -0.00285. The van der Waals surface area contributed by atoms with Crippen LogP contribution in [0.25, 0.3) is 0 Å². The molecule has 0 radical (unpaired) electrons. The van der Waals surface area contributed by atoms with Gasteiger partial charge in [-0.15, -0.1) is 0 Å². The lowest BCUT2D eigenvalue weighted by Crippen LogP contribution is -2.25. The highest BCUT2D eigenvalue weighted by Crippen LogP contribution is 2.08. The Labute approximate surface area is 123 Å². The maximum Gasteiger partial charge on any atom is 0.246 e. The minimum atomic E-state index is -0.213. The standard InChI is InChI=1S/C16H18N4O/c1-12-7-9-14(10-8-12)20-16(17)18-11-15(21)19-13-5-3-2-4-6-13/h2-10H,11H2,1H3,(H,19,21)(H3,17,18,20). The molecule has 2 aromatic carbocycles. The zero-order valence-corrected chi connectivity index (χ0v) is 11.8. The normalized spacial score (nSPS) is 11.0. The molecule has 2 aromatic rings. The number of carbonyl (C=O) groups excluding carboxylic acids is 1. The average Bonchev–Trinajstić information content (AvgIpc) is 2.49. The van der Waals surface area contributed by atoms with E-state index in [1.165, 1.54) is 5.56 Å². The van der Waals surface area contributed by atoms with E-state index in [0.717, 1.165) is 11.4 Å². The van der Waals surface area contributed by atoms with Crippen molar-refractivity contribution in [2.75, 3.05) is 17.2 Å². The Bertz CT molecular complexity index is 620. The van der Waals surface area contributed by atoms with Crippen LogP contribution in [0.4, 0.5) is 11.4 Å².